The molecule has 2 aromatic carbocycles. The molecule has 21 heavy (non-hydrogen) atoms. The zero-order chi connectivity index (χ0) is 15.2. The van der Waals surface area contributed by atoms with Gasteiger partial charge in [-0.25, -0.2) is 8.78 Å². The van der Waals surface area contributed by atoms with Gasteiger partial charge in [-0.05, 0) is 24.3 Å². The summed E-state index contributed by atoms with van der Waals surface area (Å²) in [7, 11) is 1.83. The minimum atomic E-state index is -0.464. The van der Waals surface area contributed by atoms with Gasteiger partial charge in [0.15, 0.2) is 6.54 Å². The molecule has 0 spiro atoms. The number of para-hydroxylation sites is 1. The van der Waals surface area contributed by atoms with E-state index in [4.69, 9.17) is 0 Å². The molecule has 3 nitrogen and oxygen atoms in total. The van der Waals surface area contributed by atoms with Gasteiger partial charge in [0.25, 0.3) is 5.91 Å². The Labute approximate surface area is 122 Å². The number of hydrogen-bond acceptors (Lipinski definition) is 1. The number of carbonyl (C=O) groups excluding carboxylic acids is 1. The second-order valence-corrected chi connectivity index (χ2v) is 4.97. The zero-order valence-corrected chi connectivity index (χ0v) is 11.7. The lowest BCUT2D eigenvalue weighted by Crippen LogP contribution is -3.08. The molecule has 0 saturated carbocycles. The van der Waals surface area contributed by atoms with Crippen molar-refractivity contribution in [2.75, 3.05) is 18.9 Å². The van der Waals surface area contributed by atoms with Crippen molar-refractivity contribution in [3.05, 3.63) is 65.7 Å². The predicted molar refractivity (Wildman–Crippen MR) is 76.9 cm³/mol. The molecular formula is C16H17F2N2O+. The van der Waals surface area contributed by atoms with Gasteiger partial charge >= 0.3 is 0 Å². The maximum atomic E-state index is 13.4. The van der Waals surface area contributed by atoms with Crippen molar-refractivity contribution in [3.8, 4) is 0 Å². The van der Waals surface area contributed by atoms with Gasteiger partial charge in [-0.2, -0.15) is 0 Å². The third-order valence-corrected chi connectivity index (χ3v) is 3.01. The van der Waals surface area contributed by atoms with Gasteiger partial charge in [0, 0.05) is 5.56 Å². The van der Waals surface area contributed by atoms with E-state index in [1.54, 1.807) is 24.3 Å². The molecular weight excluding hydrogens is 274 g/mol. The molecule has 2 aromatic rings. The Bertz CT molecular complexity index is 631. The SMILES string of the molecule is C[NH+](CC(=O)Nc1ccccc1F)Cc1cccc(F)c1. The molecule has 0 heterocycles. The number of quaternary nitrogens is 1. The lowest BCUT2D eigenvalue weighted by atomic mass is 10.2. The lowest BCUT2D eigenvalue weighted by molar-refractivity contribution is -0.885. The van der Waals surface area contributed by atoms with Crippen LogP contribution in [-0.4, -0.2) is 19.5 Å². The molecule has 1 amide bonds. The first-order valence-corrected chi connectivity index (χ1v) is 6.65. The summed E-state index contributed by atoms with van der Waals surface area (Å²) in [4.78, 5) is 12.7. The molecule has 1 atom stereocenters. The molecule has 0 aliphatic carbocycles. The highest BCUT2D eigenvalue weighted by atomic mass is 19.1. The number of likely N-dealkylation sites (N-methyl/N-ethyl adjacent to an activating group) is 1. The van der Waals surface area contributed by atoms with Crippen LogP contribution >= 0.6 is 0 Å². The van der Waals surface area contributed by atoms with Crippen molar-refractivity contribution < 1.29 is 18.5 Å². The Morgan fingerprint density at radius 2 is 1.90 bits per heavy atom. The van der Waals surface area contributed by atoms with E-state index in [2.05, 4.69) is 5.32 Å². The van der Waals surface area contributed by atoms with Crippen LogP contribution in [0.15, 0.2) is 48.5 Å². The van der Waals surface area contributed by atoms with E-state index in [-0.39, 0.29) is 24.0 Å². The Balaban J connectivity index is 1.89. The number of amides is 1. The Morgan fingerprint density at radius 3 is 2.62 bits per heavy atom. The van der Waals surface area contributed by atoms with Crippen LogP contribution in [0.5, 0.6) is 0 Å². The van der Waals surface area contributed by atoms with Gasteiger partial charge in [0.05, 0.1) is 12.7 Å². The largest absolute Gasteiger partial charge is 0.326 e. The van der Waals surface area contributed by atoms with Crippen LogP contribution in [0.4, 0.5) is 14.5 Å². The number of benzene rings is 2. The Morgan fingerprint density at radius 1 is 1.14 bits per heavy atom. The number of hydrogen-bond donors (Lipinski definition) is 2. The van der Waals surface area contributed by atoms with E-state index in [0.717, 1.165) is 10.5 Å². The van der Waals surface area contributed by atoms with Gasteiger partial charge < -0.3 is 10.2 Å². The molecule has 2 rings (SSSR count). The summed E-state index contributed by atoms with van der Waals surface area (Å²) >= 11 is 0. The second-order valence-electron chi connectivity index (χ2n) is 4.97. The first kappa shape index (κ1) is 15.1. The number of rotatable bonds is 5. The van der Waals surface area contributed by atoms with Crippen LogP contribution < -0.4 is 10.2 Å². The van der Waals surface area contributed by atoms with Crippen molar-refractivity contribution >= 4 is 11.6 Å². The molecule has 0 aliphatic heterocycles. The highest BCUT2D eigenvalue weighted by Crippen LogP contribution is 2.11. The Kier molecular flexibility index (Phi) is 5.00. The summed E-state index contributed by atoms with van der Waals surface area (Å²) < 4.78 is 26.5. The fraction of sp³-hybridized carbons (Fsp3) is 0.188. The maximum absolute atomic E-state index is 13.4. The summed E-state index contributed by atoms with van der Waals surface area (Å²) in [6.07, 6.45) is 0. The first-order chi connectivity index (χ1) is 10.0. The molecule has 0 aliphatic rings. The van der Waals surface area contributed by atoms with E-state index in [1.165, 1.54) is 24.3 Å². The van der Waals surface area contributed by atoms with E-state index in [1.807, 2.05) is 7.05 Å². The highest BCUT2D eigenvalue weighted by molar-refractivity contribution is 5.91. The average molecular weight is 291 g/mol. The normalized spacial score (nSPS) is 12.0. The standard InChI is InChI=1S/C16H16F2N2O/c1-20(10-12-5-4-6-13(17)9-12)11-16(21)19-15-8-3-2-7-14(15)18/h2-9H,10-11H2,1H3,(H,19,21)/p+1. The molecule has 1 unspecified atom stereocenters. The van der Waals surface area contributed by atoms with E-state index in [0.29, 0.717) is 6.54 Å². The molecule has 0 radical (unpaired) electrons. The van der Waals surface area contributed by atoms with Gasteiger partial charge in [-0.3, -0.25) is 4.79 Å². The van der Waals surface area contributed by atoms with E-state index < -0.39 is 5.82 Å². The van der Waals surface area contributed by atoms with E-state index in [9.17, 15) is 13.6 Å². The number of anilines is 1. The minimum absolute atomic E-state index is 0.168. The van der Waals surface area contributed by atoms with Crippen LogP contribution in [-0.2, 0) is 11.3 Å². The smallest absolute Gasteiger partial charge is 0.279 e. The summed E-state index contributed by atoms with van der Waals surface area (Å²) in [5.74, 6) is -1.04. The van der Waals surface area contributed by atoms with Crippen LogP contribution in [0.3, 0.4) is 0 Å². The highest BCUT2D eigenvalue weighted by Gasteiger charge is 2.12. The fourth-order valence-corrected chi connectivity index (χ4v) is 2.09. The van der Waals surface area contributed by atoms with Crippen LogP contribution in [0.25, 0.3) is 0 Å². The number of nitrogens with one attached hydrogen (secondary N) is 2. The van der Waals surface area contributed by atoms with Crippen molar-refractivity contribution in [1.29, 1.82) is 0 Å². The zero-order valence-electron chi connectivity index (χ0n) is 11.7. The van der Waals surface area contributed by atoms with Crippen molar-refractivity contribution in [2.45, 2.75) is 6.54 Å². The minimum Gasteiger partial charge on any atom is -0.326 e. The third kappa shape index (κ3) is 4.65. The third-order valence-electron chi connectivity index (χ3n) is 3.01. The van der Waals surface area contributed by atoms with Crippen molar-refractivity contribution in [3.63, 3.8) is 0 Å². The molecule has 5 heteroatoms. The van der Waals surface area contributed by atoms with Crippen LogP contribution in [0, 0.1) is 11.6 Å². The topological polar surface area (TPSA) is 33.5 Å². The van der Waals surface area contributed by atoms with Gasteiger partial charge in [0.2, 0.25) is 0 Å². The monoisotopic (exact) mass is 291 g/mol. The Hall–Kier alpha value is -2.27. The molecule has 0 bridgehead atoms. The van der Waals surface area contributed by atoms with Gasteiger partial charge in [-0.15, -0.1) is 0 Å². The maximum Gasteiger partial charge on any atom is 0.279 e. The fourth-order valence-electron chi connectivity index (χ4n) is 2.09. The molecule has 0 saturated heterocycles. The van der Waals surface area contributed by atoms with Gasteiger partial charge in [-0.1, -0.05) is 24.3 Å². The quantitative estimate of drug-likeness (QED) is 0.862. The van der Waals surface area contributed by atoms with Crippen LogP contribution in [0.2, 0.25) is 0 Å². The molecule has 110 valence electrons. The van der Waals surface area contributed by atoms with Gasteiger partial charge in [0.1, 0.15) is 18.2 Å². The van der Waals surface area contributed by atoms with E-state index >= 15 is 0 Å². The first-order valence-electron chi connectivity index (χ1n) is 6.65. The summed E-state index contributed by atoms with van der Waals surface area (Å²) in [5.41, 5.74) is 0.979. The van der Waals surface area contributed by atoms with Crippen molar-refractivity contribution in [2.24, 2.45) is 0 Å². The number of halogens is 2. The molecule has 2 N–H and O–H groups in total. The molecule has 0 fully saturated rings. The predicted octanol–water partition coefficient (Wildman–Crippen LogP) is 1.62. The average Bonchev–Trinajstić information content (AvgIpc) is 2.41. The second kappa shape index (κ2) is 6.95. The van der Waals surface area contributed by atoms with Crippen LogP contribution in [0.1, 0.15) is 5.56 Å². The summed E-state index contributed by atoms with van der Waals surface area (Å²) in [6, 6.07) is 12.3. The number of carbonyl (C=O) groups is 1. The summed E-state index contributed by atoms with van der Waals surface area (Å²) in [5, 5.41) is 2.53. The lowest BCUT2D eigenvalue weighted by Gasteiger charge is -2.14. The summed E-state index contributed by atoms with van der Waals surface area (Å²) in [6.45, 7) is 0.688. The van der Waals surface area contributed by atoms with Crippen molar-refractivity contribution in [1.82, 2.24) is 0 Å². The molecule has 0 aromatic heterocycles.